The van der Waals surface area contributed by atoms with Crippen molar-refractivity contribution >= 4 is 34.0 Å². The summed E-state index contributed by atoms with van der Waals surface area (Å²) in [5.74, 6) is 0.491. The second-order valence-electron chi connectivity index (χ2n) is 11.5. The minimum atomic E-state index is -0.953. The lowest BCUT2D eigenvalue weighted by Crippen LogP contribution is -2.21. The van der Waals surface area contributed by atoms with E-state index in [4.69, 9.17) is 14.8 Å². The zero-order valence-corrected chi connectivity index (χ0v) is 25.9. The Morgan fingerprint density at radius 3 is 2.36 bits per heavy atom. The quantitative estimate of drug-likeness (QED) is 0.184. The van der Waals surface area contributed by atoms with Gasteiger partial charge in [-0.2, -0.15) is 9.78 Å². The molecule has 1 N–H and O–H groups in total. The SMILES string of the molecule is COc1cc(C)c(-c2nc3ccccc3c(=O)n2N=Cc2c(C)n(Cc3ccc(C(=O)O)cc3)c3ccccc23)cc1C(C)C. The number of carbonyl (C=O) groups is 1. The average molecular weight is 599 g/mol. The fourth-order valence-electron chi connectivity index (χ4n) is 5.85. The molecule has 8 heteroatoms. The van der Waals surface area contributed by atoms with Crippen LogP contribution in [-0.2, 0) is 6.54 Å². The van der Waals surface area contributed by atoms with Crippen LogP contribution in [0.3, 0.4) is 0 Å². The van der Waals surface area contributed by atoms with Crippen LogP contribution in [-0.4, -0.2) is 38.6 Å². The van der Waals surface area contributed by atoms with Gasteiger partial charge in [0.25, 0.3) is 5.56 Å². The number of aryl methyl sites for hydroxylation is 1. The molecule has 2 heterocycles. The summed E-state index contributed by atoms with van der Waals surface area (Å²) >= 11 is 0. The Morgan fingerprint density at radius 1 is 0.978 bits per heavy atom. The average Bonchev–Trinajstić information content (AvgIpc) is 3.30. The first-order valence-electron chi connectivity index (χ1n) is 14.8. The van der Waals surface area contributed by atoms with Gasteiger partial charge >= 0.3 is 5.97 Å². The highest BCUT2D eigenvalue weighted by molar-refractivity contribution is 6.01. The maximum atomic E-state index is 14.0. The largest absolute Gasteiger partial charge is 0.496 e. The van der Waals surface area contributed by atoms with Gasteiger partial charge < -0.3 is 14.4 Å². The first kappa shape index (κ1) is 29.6. The minimum Gasteiger partial charge on any atom is -0.496 e. The molecule has 4 aromatic carbocycles. The molecule has 0 aliphatic rings. The van der Waals surface area contributed by atoms with Crippen molar-refractivity contribution in [1.29, 1.82) is 0 Å². The van der Waals surface area contributed by atoms with E-state index in [1.807, 2.05) is 74.5 Å². The van der Waals surface area contributed by atoms with E-state index in [0.29, 0.717) is 23.3 Å². The third-order valence-electron chi connectivity index (χ3n) is 8.32. The Hall–Kier alpha value is -5.50. The Morgan fingerprint density at radius 2 is 1.67 bits per heavy atom. The lowest BCUT2D eigenvalue weighted by molar-refractivity contribution is 0.0697. The first-order valence-corrected chi connectivity index (χ1v) is 14.8. The van der Waals surface area contributed by atoms with Crippen molar-refractivity contribution in [1.82, 2.24) is 14.2 Å². The van der Waals surface area contributed by atoms with Crippen molar-refractivity contribution in [3.05, 3.63) is 129 Å². The fraction of sp³-hybridized carbons (Fsp3) is 0.189. The minimum absolute atomic E-state index is 0.192. The van der Waals surface area contributed by atoms with Crippen LogP contribution in [0.1, 0.15) is 58.1 Å². The summed E-state index contributed by atoms with van der Waals surface area (Å²) in [7, 11) is 1.67. The normalized spacial score (nSPS) is 11.7. The molecule has 45 heavy (non-hydrogen) atoms. The van der Waals surface area contributed by atoms with Gasteiger partial charge in [-0.15, -0.1) is 0 Å². The van der Waals surface area contributed by atoms with Gasteiger partial charge in [-0.25, -0.2) is 9.78 Å². The topological polar surface area (TPSA) is 98.7 Å². The summed E-state index contributed by atoms with van der Waals surface area (Å²) in [5, 5.41) is 15.6. The molecule has 6 aromatic rings. The molecule has 0 aliphatic carbocycles. The highest BCUT2D eigenvalue weighted by atomic mass is 16.5. The number of carboxylic acids is 1. The van der Waals surface area contributed by atoms with Crippen molar-refractivity contribution in [2.75, 3.05) is 7.11 Å². The van der Waals surface area contributed by atoms with E-state index in [1.54, 1.807) is 31.5 Å². The van der Waals surface area contributed by atoms with Gasteiger partial charge in [-0.1, -0.05) is 56.3 Å². The molecule has 6 rings (SSSR count). The standard InChI is InChI=1S/C37H34N4O4/c1-22(2)29-19-30(23(3)18-34(29)45-5)35-39-32-12-8-6-11-28(32)36(42)41(35)38-20-31-24(4)40(33-13-9-7-10-27(31)33)21-25-14-16-26(17-15-25)37(43)44/h6-20,22H,21H2,1-5H3,(H,43,44). The Balaban J connectivity index is 1.52. The number of fused-ring (bicyclic) bond motifs is 2. The second kappa shape index (κ2) is 11.9. The number of benzene rings is 4. The molecule has 8 nitrogen and oxygen atoms in total. The summed E-state index contributed by atoms with van der Waals surface area (Å²) in [5.41, 5.74) is 7.18. The highest BCUT2D eigenvalue weighted by Crippen LogP contribution is 2.34. The van der Waals surface area contributed by atoms with E-state index in [1.165, 1.54) is 4.68 Å². The predicted molar refractivity (Wildman–Crippen MR) is 179 cm³/mol. The van der Waals surface area contributed by atoms with Crippen LogP contribution in [0.2, 0.25) is 0 Å². The maximum Gasteiger partial charge on any atom is 0.335 e. The van der Waals surface area contributed by atoms with Crippen molar-refractivity contribution in [2.24, 2.45) is 5.10 Å². The number of hydrogen-bond donors (Lipinski definition) is 1. The lowest BCUT2D eigenvalue weighted by Gasteiger charge is -2.17. The van der Waals surface area contributed by atoms with Crippen LogP contribution in [0.15, 0.2) is 94.8 Å². The van der Waals surface area contributed by atoms with Crippen LogP contribution >= 0.6 is 0 Å². The van der Waals surface area contributed by atoms with Crippen molar-refractivity contribution in [3.63, 3.8) is 0 Å². The van der Waals surface area contributed by atoms with E-state index in [9.17, 15) is 14.7 Å². The zero-order chi connectivity index (χ0) is 31.8. The Labute approximate surface area is 260 Å². The van der Waals surface area contributed by atoms with Crippen molar-refractivity contribution in [2.45, 2.75) is 40.2 Å². The summed E-state index contributed by atoms with van der Waals surface area (Å²) in [4.78, 5) is 30.3. The van der Waals surface area contributed by atoms with Crippen molar-refractivity contribution in [3.8, 4) is 17.1 Å². The van der Waals surface area contributed by atoms with Crippen LogP contribution in [0.5, 0.6) is 5.75 Å². The molecule has 0 amide bonds. The van der Waals surface area contributed by atoms with Gasteiger partial charge in [-0.3, -0.25) is 4.79 Å². The van der Waals surface area contributed by atoms with E-state index in [0.717, 1.165) is 50.2 Å². The summed E-state index contributed by atoms with van der Waals surface area (Å²) < 4.78 is 9.25. The number of aromatic carboxylic acids is 1. The number of hydrogen-bond acceptors (Lipinski definition) is 5. The van der Waals surface area contributed by atoms with Gasteiger partial charge in [0.1, 0.15) is 5.75 Å². The second-order valence-corrected chi connectivity index (χ2v) is 11.5. The molecule has 0 saturated carbocycles. The molecule has 226 valence electrons. The highest BCUT2D eigenvalue weighted by Gasteiger charge is 2.19. The van der Waals surface area contributed by atoms with Crippen LogP contribution in [0.25, 0.3) is 33.2 Å². The molecule has 0 saturated heterocycles. The molecule has 0 fully saturated rings. The smallest absolute Gasteiger partial charge is 0.335 e. The molecule has 0 radical (unpaired) electrons. The van der Waals surface area contributed by atoms with Gasteiger partial charge in [0.05, 0.1) is 29.8 Å². The monoisotopic (exact) mass is 598 g/mol. The number of rotatable bonds is 8. The van der Waals surface area contributed by atoms with Crippen LogP contribution in [0.4, 0.5) is 0 Å². The fourth-order valence-corrected chi connectivity index (χ4v) is 5.85. The van der Waals surface area contributed by atoms with Gasteiger partial charge in [0.15, 0.2) is 5.82 Å². The number of methoxy groups -OCH3 is 1. The maximum absolute atomic E-state index is 14.0. The molecule has 0 bridgehead atoms. The van der Waals surface area contributed by atoms with E-state index >= 15 is 0 Å². The Kier molecular flexibility index (Phi) is 7.81. The van der Waals surface area contributed by atoms with Crippen molar-refractivity contribution < 1.29 is 14.6 Å². The number of ether oxygens (including phenoxy) is 1. The van der Waals surface area contributed by atoms with Gasteiger partial charge in [0, 0.05) is 34.3 Å². The van der Waals surface area contributed by atoms with Crippen LogP contribution in [0, 0.1) is 13.8 Å². The van der Waals surface area contributed by atoms with E-state index in [-0.39, 0.29) is 17.0 Å². The molecule has 0 spiro atoms. The molecule has 0 aliphatic heterocycles. The number of aromatic nitrogens is 3. The van der Waals surface area contributed by atoms with E-state index < -0.39 is 5.97 Å². The number of carboxylic acid groups (broad SMARTS) is 1. The number of para-hydroxylation sites is 2. The predicted octanol–water partition coefficient (Wildman–Crippen LogP) is 7.40. The third-order valence-corrected chi connectivity index (χ3v) is 8.32. The van der Waals surface area contributed by atoms with E-state index in [2.05, 4.69) is 24.5 Å². The molecular weight excluding hydrogens is 564 g/mol. The lowest BCUT2D eigenvalue weighted by atomic mass is 9.96. The summed E-state index contributed by atoms with van der Waals surface area (Å²) in [6.07, 6.45) is 1.74. The summed E-state index contributed by atoms with van der Waals surface area (Å²) in [6.45, 7) is 8.77. The molecular formula is C37H34N4O4. The first-order chi connectivity index (χ1) is 21.7. The van der Waals surface area contributed by atoms with Gasteiger partial charge in [-0.05, 0) is 78.9 Å². The molecule has 0 atom stereocenters. The molecule has 0 unspecified atom stereocenters. The van der Waals surface area contributed by atoms with Crippen LogP contribution < -0.4 is 10.3 Å². The zero-order valence-electron chi connectivity index (χ0n) is 25.9. The third kappa shape index (κ3) is 5.40. The van der Waals surface area contributed by atoms with Gasteiger partial charge in [0.2, 0.25) is 0 Å². The Bertz CT molecular complexity index is 2170. The summed E-state index contributed by atoms with van der Waals surface area (Å²) in [6, 6.07) is 26.3. The molecule has 2 aromatic heterocycles. The number of nitrogens with zero attached hydrogens (tertiary/aromatic N) is 4.